The molecule has 0 aliphatic carbocycles. The molecule has 0 aliphatic heterocycles. The van der Waals surface area contributed by atoms with E-state index in [-0.39, 0.29) is 46.5 Å². The average molecular weight is 618 g/mol. The molecule has 5 aromatic heterocycles. The minimum absolute atomic E-state index is 0.0765. The van der Waals surface area contributed by atoms with Crippen LogP contribution in [-0.2, 0) is 21.4 Å². The van der Waals surface area contributed by atoms with Crippen LogP contribution in [0, 0.1) is 17.6 Å². The number of benzene rings is 1. The van der Waals surface area contributed by atoms with Crippen LogP contribution in [-0.4, -0.2) is 55.7 Å². The number of rotatable bonds is 8. The standard InChI is InChI=1S/C29H25F2N9O3S/c1-14(2)29(41)36-19-9-17(11-32-12-19)20-13-34-27-22(23(20)31)26(39-40-27)28-37-21-4-5-33-24(25(21)38-28)16-6-15(7-18(30)8-16)10-35-44(3,42)43/h4-9,11-14,35H,10H2,1-3H3,(H,36,41)(H,37,38)(H,34,39,40). The zero-order chi connectivity index (χ0) is 31.2. The molecule has 1 amide bonds. The molecule has 0 aliphatic rings. The first-order valence-corrected chi connectivity index (χ1v) is 15.2. The second kappa shape index (κ2) is 11.2. The van der Waals surface area contributed by atoms with E-state index >= 15 is 4.39 Å². The minimum atomic E-state index is -3.49. The van der Waals surface area contributed by atoms with E-state index in [1.54, 1.807) is 32.0 Å². The smallest absolute Gasteiger partial charge is 0.226 e. The zero-order valence-electron chi connectivity index (χ0n) is 23.6. The van der Waals surface area contributed by atoms with Crippen molar-refractivity contribution in [1.82, 2.24) is 39.8 Å². The SMILES string of the molecule is CC(C)C(=O)Nc1cncc(-c2cnc3[nH]nc(-c4nc5c(-c6cc(F)cc(CNS(C)(=O)=O)c6)nccc5[nH]4)c3c2F)c1. The molecule has 1 aromatic carbocycles. The number of hydrogen-bond acceptors (Lipinski definition) is 8. The fourth-order valence-electron chi connectivity index (χ4n) is 4.63. The Morgan fingerprint density at radius 3 is 2.61 bits per heavy atom. The van der Waals surface area contributed by atoms with Gasteiger partial charge in [0.2, 0.25) is 15.9 Å². The number of aromatic amines is 2. The Kier molecular flexibility index (Phi) is 7.34. The van der Waals surface area contributed by atoms with Crippen LogP contribution in [0.25, 0.3) is 56.0 Å². The number of aromatic nitrogens is 7. The molecule has 15 heteroatoms. The number of anilines is 1. The highest BCUT2D eigenvalue weighted by molar-refractivity contribution is 7.88. The van der Waals surface area contributed by atoms with Gasteiger partial charge in [-0.3, -0.25) is 19.9 Å². The number of nitrogens with zero attached hydrogens (tertiary/aromatic N) is 5. The van der Waals surface area contributed by atoms with Crippen molar-refractivity contribution in [3.05, 3.63) is 72.3 Å². The van der Waals surface area contributed by atoms with Gasteiger partial charge in [0.25, 0.3) is 0 Å². The van der Waals surface area contributed by atoms with Gasteiger partial charge in [0.1, 0.15) is 22.8 Å². The summed E-state index contributed by atoms with van der Waals surface area (Å²) < 4.78 is 56.1. The molecule has 0 fully saturated rings. The van der Waals surface area contributed by atoms with E-state index < -0.39 is 21.7 Å². The van der Waals surface area contributed by atoms with Crippen LogP contribution in [0.3, 0.4) is 0 Å². The van der Waals surface area contributed by atoms with E-state index in [4.69, 9.17) is 0 Å². The number of sulfonamides is 1. The number of hydrogen-bond donors (Lipinski definition) is 4. The van der Waals surface area contributed by atoms with Crippen LogP contribution in [0.1, 0.15) is 19.4 Å². The van der Waals surface area contributed by atoms with Crippen LogP contribution >= 0.6 is 0 Å². The van der Waals surface area contributed by atoms with Crippen LogP contribution in [0.5, 0.6) is 0 Å². The quantitative estimate of drug-likeness (QED) is 0.193. The molecule has 0 bridgehead atoms. The molecule has 5 heterocycles. The highest BCUT2D eigenvalue weighted by Gasteiger charge is 2.22. The van der Waals surface area contributed by atoms with Gasteiger partial charge in [-0.15, -0.1) is 0 Å². The molecule has 6 aromatic rings. The van der Waals surface area contributed by atoms with Gasteiger partial charge in [-0.05, 0) is 35.9 Å². The first-order valence-electron chi connectivity index (χ1n) is 13.4. The fraction of sp³-hybridized carbons (Fsp3) is 0.172. The number of amides is 1. The van der Waals surface area contributed by atoms with Gasteiger partial charge < -0.3 is 10.3 Å². The first-order chi connectivity index (χ1) is 21.0. The summed E-state index contributed by atoms with van der Waals surface area (Å²) in [7, 11) is -3.49. The molecule has 4 N–H and O–H groups in total. The molecular formula is C29H25F2N9O3S. The van der Waals surface area contributed by atoms with Crippen molar-refractivity contribution in [2.45, 2.75) is 20.4 Å². The van der Waals surface area contributed by atoms with Crippen molar-refractivity contribution in [3.8, 4) is 33.9 Å². The molecule has 12 nitrogen and oxygen atoms in total. The van der Waals surface area contributed by atoms with Gasteiger partial charge in [0.15, 0.2) is 11.5 Å². The fourth-order valence-corrected chi connectivity index (χ4v) is 5.06. The van der Waals surface area contributed by atoms with Gasteiger partial charge in [-0.25, -0.2) is 31.9 Å². The summed E-state index contributed by atoms with van der Waals surface area (Å²) in [6.07, 6.45) is 6.82. The van der Waals surface area contributed by atoms with Crippen molar-refractivity contribution in [2.24, 2.45) is 5.92 Å². The molecule has 0 radical (unpaired) electrons. The van der Waals surface area contributed by atoms with Crippen molar-refractivity contribution < 1.29 is 22.0 Å². The number of H-pyrrole nitrogens is 2. The maximum absolute atomic E-state index is 16.1. The lowest BCUT2D eigenvalue weighted by atomic mass is 10.1. The Balaban J connectivity index is 1.41. The van der Waals surface area contributed by atoms with Crippen molar-refractivity contribution in [3.63, 3.8) is 0 Å². The predicted octanol–water partition coefficient (Wildman–Crippen LogP) is 4.55. The first kappa shape index (κ1) is 28.9. The Morgan fingerprint density at radius 1 is 1.02 bits per heavy atom. The summed E-state index contributed by atoms with van der Waals surface area (Å²) in [6, 6.07) is 7.38. The monoisotopic (exact) mass is 617 g/mol. The van der Waals surface area contributed by atoms with E-state index in [1.807, 2.05) is 0 Å². The molecule has 224 valence electrons. The van der Waals surface area contributed by atoms with Crippen LogP contribution in [0.15, 0.2) is 55.1 Å². The van der Waals surface area contributed by atoms with E-state index in [9.17, 15) is 17.6 Å². The largest absolute Gasteiger partial charge is 0.336 e. The van der Waals surface area contributed by atoms with Gasteiger partial charge in [-0.1, -0.05) is 13.8 Å². The maximum atomic E-state index is 16.1. The Labute approximate surface area is 249 Å². The average Bonchev–Trinajstić information content (AvgIpc) is 3.60. The van der Waals surface area contributed by atoms with E-state index in [2.05, 4.69) is 45.2 Å². The molecule has 0 unspecified atom stereocenters. The number of pyridine rings is 3. The normalized spacial score (nSPS) is 12.0. The summed E-state index contributed by atoms with van der Waals surface area (Å²) in [5.74, 6) is -1.44. The Bertz CT molecular complexity index is 2180. The Hall–Kier alpha value is -5.15. The van der Waals surface area contributed by atoms with Crippen molar-refractivity contribution in [1.29, 1.82) is 0 Å². The molecule has 44 heavy (non-hydrogen) atoms. The highest BCUT2D eigenvalue weighted by Crippen LogP contribution is 2.34. The maximum Gasteiger partial charge on any atom is 0.226 e. The molecule has 6 rings (SSSR count). The predicted molar refractivity (Wildman–Crippen MR) is 161 cm³/mol. The van der Waals surface area contributed by atoms with Crippen molar-refractivity contribution >= 4 is 43.7 Å². The number of fused-ring (bicyclic) bond motifs is 2. The summed E-state index contributed by atoms with van der Waals surface area (Å²) in [5, 5.41) is 9.84. The number of halogens is 2. The molecule has 0 saturated heterocycles. The van der Waals surface area contributed by atoms with Gasteiger partial charge in [-0.2, -0.15) is 5.10 Å². The second-order valence-corrected chi connectivity index (χ2v) is 12.3. The molecule has 0 saturated carbocycles. The lowest BCUT2D eigenvalue weighted by molar-refractivity contribution is -0.118. The topological polar surface area (TPSA) is 171 Å². The Morgan fingerprint density at radius 2 is 1.84 bits per heavy atom. The number of nitrogens with one attached hydrogen (secondary N) is 4. The van der Waals surface area contributed by atoms with Crippen molar-refractivity contribution in [2.75, 3.05) is 11.6 Å². The minimum Gasteiger partial charge on any atom is -0.336 e. The van der Waals surface area contributed by atoms with Crippen LogP contribution < -0.4 is 10.0 Å². The van der Waals surface area contributed by atoms with Crippen LogP contribution in [0.4, 0.5) is 14.5 Å². The third-order valence-electron chi connectivity index (χ3n) is 6.76. The van der Waals surface area contributed by atoms with E-state index in [0.717, 1.165) is 6.26 Å². The molecule has 0 spiro atoms. The summed E-state index contributed by atoms with van der Waals surface area (Å²) >= 11 is 0. The lowest BCUT2D eigenvalue weighted by Crippen LogP contribution is -2.21. The number of carbonyl (C=O) groups is 1. The van der Waals surface area contributed by atoms with Gasteiger partial charge >= 0.3 is 0 Å². The van der Waals surface area contributed by atoms with Crippen LogP contribution in [0.2, 0.25) is 0 Å². The summed E-state index contributed by atoms with van der Waals surface area (Å²) in [6.45, 7) is 3.41. The molecular weight excluding hydrogens is 592 g/mol. The van der Waals surface area contributed by atoms with Gasteiger partial charge in [0.05, 0.1) is 34.7 Å². The highest BCUT2D eigenvalue weighted by atomic mass is 32.2. The van der Waals surface area contributed by atoms with E-state index in [1.165, 1.54) is 36.9 Å². The van der Waals surface area contributed by atoms with E-state index in [0.29, 0.717) is 39.1 Å². The second-order valence-electron chi connectivity index (χ2n) is 10.5. The molecule has 0 atom stereocenters. The lowest BCUT2D eigenvalue weighted by Gasteiger charge is -2.09. The third-order valence-corrected chi connectivity index (χ3v) is 7.43. The summed E-state index contributed by atoms with van der Waals surface area (Å²) in [5.41, 5.74) is 3.29. The zero-order valence-corrected chi connectivity index (χ0v) is 24.4. The number of carbonyl (C=O) groups excluding carboxylic acids is 1. The third kappa shape index (κ3) is 5.74. The summed E-state index contributed by atoms with van der Waals surface area (Å²) in [4.78, 5) is 32.8. The number of imidazole rings is 1. The van der Waals surface area contributed by atoms with Gasteiger partial charge in [0, 0.05) is 47.7 Å².